The largest absolute Gasteiger partial charge is 0.412 e. The zero-order valence-electron chi connectivity index (χ0n) is 12.7. The van der Waals surface area contributed by atoms with Crippen LogP contribution in [0.15, 0.2) is 54.6 Å². The molecule has 0 heterocycles. The van der Waals surface area contributed by atoms with Gasteiger partial charge in [0, 0.05) is 9.65 Å². The summed E-state index contributed by atoms with van der Waals surface area (Å²) in [5.74, 6) is -0.856. The fraction of sp³-hybridized carbons (Fsp3) is 0.111. The van der Waals surface area contributed by atoms with E-state index in [0.29, 0.717) is 14.7 Å². The molecule has 1 N–H and O–H groups in total. The number of hydrogen-bond acceptors (Lipinski definition) is 2. The van der Waals surface area contributed by atoms with Gasteiger partial charge in [-0.05, 0) is 64.1 Å². The molecular formula is C18H12F3IN2O. The molecule has 1 unspecified atom stereocenters. The predicted molar refractivity (Wildman–Crippen MR) is 96.3 cm³/mol. The summed E-state index contributed by atoms with van der Waals surface area (Å²) < 4.78 is 40.5. The molecule has 7 heteroatoms. The summed E-state index contributed by atoms with van der Waals surface area (Å²) in [7, 11) is 0. The van der Waals surface area contributed by atoms with Crippen molar-refractivity contribution >= 4 is 34.6 Å². The van der Waals surface area contributed by atoms with Gasteiger partial charge in [0.25, 0.3) is 0 Å². The normalized spacial score (nSPS) is 12.6. The van der Waals surface area contributed by atoms with Crippen LogP contribution in [0, 0.1) is 14.9 Å². The average Bonchev–Trinajstić information content (AvgIpc) is 2.57. The molecule has 128 valence electrons. The van der Waals surface area contributed by atoms with E-state index >= 15 is 0 Å². The Hall–Kier alpha value is -2.34. The Bertz CT molecular complexity index is 823. The summed E-state index contributed by atoms with van der Waals surface area (Å²) in [5.41, 5.74) is 1.03. The first-order valence-corrected chi connectivity index (χ1v) is 8.18. The highest BCUT2D eigenvalue weighted by atomic mass is 127. The molecule has 0 aliphatic carbocycles. The van der Waals surface area contributed by atoms with Gasteiger partial charge in [-0.1, -0.05) is 24.3 Å². The molecule has 3 nitrogen and oxygen atoms in total. The van der Waals surface area contributed by atoms with Crippen molar-refractivity contribution in [1.82, 2.24) is 5.32 Å². The third-order valence-electron chi connectivity index (χ3n) is 3.26. The summed E-state index contributed by atoms with van der Waals surface area (Å²) in [6.07, 6.45) is -2.19. The molecule has 0 aliphatic heterocycles. The third kappa shape index (κ3) is 5.60. The minimum Gasteiger partial charge on any atom is -0.337 e. The van der Waals surface area contributed by atoms with Crippen molar-refractivity contribution in [3.63, 3.8) is 0 Å². The topological polar surface area (TPSA) is 52.9 Å². The fourth-order valence-electron chi connectivity index (χ4n) is 2.07. The molecule has 0 saturated heterocycles. The van der Waals surface area contributed by atoms with Crippen molar-refractivity contribution in [3.05, 3.63) is 74.9 Å². The van der Waals surface area contributed by atoms with E-state index in [1.54, 1.807) is 30.3 Å². The number of nitriles is 1. The number of benzene rings is 2. The average molecular weight is 456 g/mol. The standard InChI is InChI=1S/C18H12F3IN2O/c19-18(20,21)17(14-2-1-3-15(22)10-14)24-16(25)9-8-12-4-6-13(11-23)7-5-12/h1-10,17H,(H,24,25)/b9-8+. The third-order valence-corrected chi connectivity index (χ3v) is 3.93. The van der Waals surface area contributed by atoms with Crippen LogP contribution in [0.3, 0.4) is 0 Å². The van der Waals surface area contributed by atoms with Crippen LogP contribution in [0.5, 0.6) is 0 Å². The summed E-state index contributed by atoms with van der Waals surface area (Å²) in [6, 6.07) is 12.1. The van der Waals surface area contributed by atoms with Crippen molar-refractivity contribution < 1.29 is 18.0 Å². The molecule has 0 aromatic heterocycles. The Labute approximate surface area is 156 Å². The number of amides is 1. The molecular weight excluding hydrogens is 444 g/mol. The summed E-state index contributed by atoms with van der Waals surface area (Å²) in [5, 5.41) is 10.7. The van der Waals surface area contributed by atoms with E-state index in [1.807, 2.05) is 34.0 Å². The molecule has 0 bridgehead atoms. The first-order valence-electron chi connectivity index (χ1n) is 7.10. The monoisotopic (exact) mass is 456 g/mol. The lowest BCUT2D eigenvalue weighted by atomic mass is 10.1. The molecule has 0 fully saturated rings. The van der Waals surface area contributed by atoms with Crippen molar-refractivity contribution in [2.24, 2.45) is 0 Å². The number of nitrogens with one attached hydrogen (secondary N) is 1. The zero-order valence-corrected chi connectivity index (χ0v) is 14.9. The van der Waals surface area contributed by atoms with Gasteiger partial charge in [0.05, 0.1) is 11.6 Å². The van der Waals surface area contributed by atoms with Gasteiger partial charge >= 0.3 is 6.18 Å². The second-order valence-electron chi connectivity index (χ2n) is 5.11. The van der Waals surface area contributed by atoms with Crippen LogP contribution in [0.25, 0.3) is 6.08 Å². The number of halogens is 4. The maximum Gasteiger partial charge on any atom is 0.412 e. The first kappa shape index (κ1) is 19.0. The summed E-state index contributed by atoms with van der Waals surface area (Å²) in [6.45, 7) is 0. The molecule has 1 atom stereocenters. The SMILES string of the molecule is N#Cc1ccc(/C=C/C(=O)NC(c2cccc(I)c2)C(F)(F)F)cc1. The van der Waals surface area contributed by atoms with Gasteiger partial charge in [-0.2, -0.15) is 18.4 Å². The van der Waals surface area contributed by atoms with Gasteiger partial charge in [-0.15, -0.1) is 0 Å². The minimum atomic E-state index is -4.61. The van der Waals surface area contributed by atoms with E-state index < -0.39 is 18.1 Å². The highest BCUT2D eigenvalue weighted by molar-refractivity contribution is 14.1. The van der Waals surface area contributed by atoms with Crippen LogP contribution in [0.2, 0.25) is 0 Å². The van der Waals surface area contributed by atoms with Crippen LogP contribution in [-0.4, -0.2) is 12.1 Å². The van der Waals surface area contributed by atoms with Gasteiger partial charge in [0.15, 0.2) is 6.04 Å². The lowest BCUT2D eigenvalue weighted by molar-refractivity contribution is -0.162. The quantitative estimate of drug-likeness (QED) is 0.541. The van der Waals surface area contributed by atoms with E-state index in [0.717, 1.165) is 6.08 Å². The van der Waals surface area contributed by atoms with E-state index in [-0.39, 0.29) is 5.56 Å². The maximum absolute atomic E-state index is 13.3. The van der Waals surface area contributed by atoms with Crippen molar-refractivity contribution in [1.29, 1.82) is 5.26 Å². The molecule has 25 heavy (non-hydrogen) atoms. The van der Waals surface area contributed by atoms with Gasteiger partial charge in [-0.25, -0.2) is 0 Å². The number of hydrogen-bond donors (Lipinski definition) is 1. The van der Waals surface area contributed by atoms with Gasteiger partial charge in [0.2, 0.25) is 5.91 Å². The lowest BCUT2D eigenvalue weighted by Crippen LogP contribution is -2.37. The predicted octanol–water partition coefficient (Wildman–Crippen LogP) is 4.60. The first-order chi connectivity index (χ1) is 11.8. The fourth-order valence-corrected chi connectivity index (χ4v) is 2.64. The summed E-state index contributed by atoms with van der Waals surface area (Å²) >= 11 is 1.91. The molecule has 0 radical (unpaired) electrons. The Morgan fingerprint density at radius 2 is 1.88 bits per heavy atom. The number of carbonyl (C=O) groups excluding carboxylic acids is 1. The van der Waals surface area contributed by atoms with Crippen LogP contribution >= 0.6 is 22.6 Å². The van der Waals surface area contributed by atoms with Gasteiger partial charge < -0.3 is 5.32 Å². The second-order valence-corrected chi connectivity index (χ2v) is 6.35. The van der Waals surface area contributed by atoms with E-state index in [1.165, 1.54) is 24.3 Å². The van der Waals surface area contributed by atoms with E-state index in [9.17, 15) is 18.0 Å². The number of rotatable bonds is 4. The molecule has 2 rings (SSSR count). The Kier molecular flexibility index (Phi) is 6.20. The minimum absolute atomic E-state index is 0.0282. The smallest absolute Gasteiger partial charge is 0.337 e. The van der Waals surface area contributed by atoms with E-state index in [2.05, 4.69) is 0 Å². The van der Waals surface area contributed by atoms with E-state index in [4.69, 9.17) is 5.26 Å². The van der Waals surface area contributed by atoms with Crippen LogP contribution in [0.4, 0.5) is 13.2 Å². The Morgan fingerprint density at radius 3 is 2.44 bits per heavy atom. The second kappa shape index (κ2) is 8.16. The molecule has 0 aliphatic rings. The van der Waals surface area contributed by atoms with Gasteiger partial charge in [0.1, 0.15) is 0 Å². The lowest BCUT2D eigenvalue weighted by Gasteiger charge is -2.21. The Morgan fingerprint density at radius 1 is 1.20 bits per heavy atom. The highest BCUT2D eigenvalue weighted by Gasteiger charge is 2.41. The number of carbonyl (C=O) groups is 1. The summed E-state index contributed by atoms with van der Waals surface area (Å²) in [4.78, 5) is 11.9. The van der Waals surface area contributed by atoms with Crippen molar-refractivity contribution in [2.45, 2.75) is 12.2 Å². The molecule has 2 aromatic carbocycles. The van der Waals surface area contributed by atoms with Crippen LogP contribution in [0.1, 0.15) is 22.7 Å². The zero-order chi connectivity index (χ0) is 18.4. The van der Waals surface area contributed by atoms with Crippen molar-refractivity contribution in [3.8, 4) is 6.07 Å². The molecule has 1 amide bonds. The highest BCUT2D eigenvalue weighted by Crippen LogP contribution is 2.33. The Balaban J connectivity index is 2.14. The van der Waals surface area contributed by atoms with Gasteiger partial charge in [-0.3, -0.25) is 4.79 Å². The van der Waals surface area contributed by atoms with Crippen LogP contribution in [-0.2, 0) is 4.79 Å². The molecule has 2 aromatic rings. The van der Waals surface area contributed by atoms with Crippen LogP contribution < -0.4 is 5.32 Å². The maximum atomic E-state index is 13.3. The molecule has 0 spiro atoms. The molecule has 0 saturated carbocycles. The number of alkyl halides is 3. The number of nitrogens with zero attached hydrogens (tertiary/aromatic N) is 1. The van der Waals surface area contributed by atoms with Crippen molar-refractivity contribution in [2.75, 3.05) is 0 Å².